The van der Waals surface area contributed by atoms with Gasteiger partial charge >= 0.3 is 0 Å². The van der Waals surface area contributed by atoms with Crippen LogP contribution >= 0.6 is 0 Å². The first kappa shape index (κ1) is 23.8. The molecule has 0 spiro atoms. The molecule has 1 aliphatic heterocycles. The van der Waals surface area contributed by atoms with E-state index in [-0.39, 0.29) is 23.1 Å². The minimum Gasteiger partial charge on any atom is -0.326 e. The van der Waals surface area contributed by atoms with Crippen molar-refractivity contribution in [2.24, 2.45) is 0 Å². The van der Waals surface area contributed by atoms with Crippen LogP contribution in [0.25, 0.3) is 0 Å². The molecule has 1 N–H and O–H groups in total. The van der Waals surface area contributed by atoms with E-state index in [1.165, 1.54) is 4.31 Å². The predicted octanol–water partition coefficient (Wildman–Crippen LogP) is 5.99. The van der Waals surface area contributed by atoms with Gasteiger partial charge in [0.2, 0.25) is 5.91 Å². The highest BCUT2D eigenvalue weighted by molar-refractivity contribution is 7.92. The van der Waals surface area contributed by atoms with Crippen LogP contribution in [-0.4, -0.2) is 20.9 Å². The van der Waals surface area contributed by atoms with Gasteiger partial charge in [0, 0.05) is 24.6 Å². The lowest BCUT2D eigenvalue weighted by Crippen LogP contribution is -2.35. The Morgan fingerprint density at radius 2 is 1.39 bits per heavy atom. The molecule has 0 atom stereocenters. The molecule has 0 saturated carbocycles. The topological polar surface area (TPSA) is 66.5 Å². The van der Waals surface area contributed by atoms with Crippen molar-refractivity contribution < 1.29 is 13.2 Å². The first-order valence-corrected chi connectivity index (χ1v) is 13.6. The fraction of sp³-hybridized carbons (Fsp3) is 0.167. The van der Waals surface area contributed by atoms with Crippen LogP contribution in [0, 0.1) is 0 Å². The van der Waals surface area contributed by atoms with Crippen molar-refractivity contribution in [1.82, 2.24) is 0 Å². The normalized spacial score (nSPS) is 13.3. The molecule has 0 saturated heterocycles. The number of nitrogens with one attached hydrogen (secondary N) is 1. The third kappa shape index (κ3) is 5.04. The average molecular weight is 497 g/mol. The van der Waals surface area contributed by atoms with Crippen LogP contribution in [0.1, 0.15) is 35.4 Å². The number of sulfonamides is 1. The van der Waals surface area contributed by atoms with Crippen molar-refractivity contribution in [2.75, 3.05) is 16.2 Å². The highest BCUT2D eigenvalue weighted by Gasteiger charge is 2.29. The average Bonchev–Trinajstić information content (AvgIpc) is 2.93. The summed E-state index contributed by atoms with van der Waals surface area (Å²) in [6.45, 7) is 0.408. The highest BCUT2D eigenvalue weighted by atomic mass is 32.2. The van der Waals surface area contributed by atoms with Crippen molar-refractivity contribution in [1.29, 1.82) is 0 Å². The predicted molar refractivity (Wildman–Crippen MR) is 144 cm³/mol. The fourth-order valence-electron chi connectivity index (χ4n) is 4.78. The Morgan fingerprint density at radius 3 is 2.00 bits per heavy atom. The van der Waals surface area contributed by atoms with Gasteiger partial charge in [0.15, 0.2) is 0 Å². The molecule has 36 heavy (non-hydrogen) atoms. The van der Waals surface area contributed by atoms with E-state index in [0.29, 0.717) is 17.9 Å². The summed E-state index contributed by atoms with van der Waals surface area (Å²) in [5.74, 6) is -0.207. The van der Waals surface area contributed by atoms with E-state index >= 15 is 0 Å². The maximum atomic E-state index is 13.4. The number of nitrogens with zero attached hydrogens (tertiary/aromatic N) is 1. The largest absolute Gasteiger partial charge is 0.326 e. The lowest BCUT2D eigenvalue weighted by Gasteiger charge is -2.31. The molecule has 4 aromatic rings. The Morgan fingerprint density at radius 1 is 0.806 bits per heavy atom. The van der Waals surface area contributed by atoms with Gasteiger partial charge in [-0.05, 0) is 53.8 Å². The van der Waals surface area contributed by atoms with Crippen molar-refractivity contribution in [3.05, 3.63) is 126 Å². The quantitative estimate of drug-likeness (QED) is 0.342. The molecule has 1 aliphatic rings. The number of hydrogen-bond acceptors (Lipinski definition) is 3. The highest BCUT2D eigenvalue weighted by Crippen LogP contribution is 2.35. The molecule has 1 heterocycles. The number of anilines is 2. The summed E-state index contributed by atoms with van der Waals surface area (Å²) in [5.41, 5.74) is 4.33. The maximum absolute atomic E-state index is 13.4. The van der Waals surface area contributed by atoms with Crippen molar-refractivity contribution in [2.45, 2.75) is 30.1 Å². The zero-order valence-electron chi connectivity index (χ0n) is 19.9. The van der Waals surface area contributed by atoms with Crippen molar-refractivity contribution >= 4 is 27.3 Å². The molecule has 0 bridgehead atoms. The summed E-state index contributed by atoms with van der Waals surface area (Å²) >= 11 is 0. The van der Waals surface area contributed by atoms with Gasteiger partial charge in [-0.15, -0.1) is 0 Å². The number of aryl methyl sites for hydroxylation is 1. The second-order valence-corrected chi connectivity index (χ2v) is 10.8. The lowest BCUT2D eigenvalue weighted by molar-refractivity contribution is -0.116. The summed E-state index contributed by atoms with van der Waals surface area (Å²) in [5, 5.41) is 3.01. The summed E-state index contributed by atoms with van der Waals surface area (Å²) in [7, 11) is -3.69. The van der Waals surface area contributed by atoms with E-state index in [9.17, 15) is 13.2 Å². The second kappa shape index (κ2) is 10.4. The zero-order valence-corrected chi connectivity index (χ0v) is 20.7. The number of amides is 1. The van der Waals surface area contributed by atoms with Crippen LogP contribution in [0.3, 0.4) is 0 Å². The van der Waals surface area contributed by atoms with Crippen molar-refractivity contribution in [3.63, 3.8) is 0 Å². The minimum absolute atomic E-state index is 0.0833. The Kier molecular flexibility index (Phi) is 6.87. The molecule has 5 nitrogen and oxygen atoms in total. The summed E-state index contributed by atoms with van der Waals surface area (Å²) in [6.07, 6.45) is 1.83. The summed E-state index contributed by atoms with van der Waals surface area (Å²) < 4.78 is 28.2. The first-order chi connectivity index (χ1) is 17.5. The van der Waals surface area contributed by atoms with E-state index in [1.807, 2.05) is 72.8 Å². The van der Waals surface area contributed by atoms with Crippen molar-refractivity contribution in [3.8, 4) is 0 Å². The molecule has 4 aromatic carbocycles. The van der Waals surface area contributed by atoms with Gasteiger partial charge in [-0.3, -0.25) is 9.10 Å². The van der Waals surface area contributed by atoms with Crippen LogP contribution in [0.4, 0.5) is 11.4 Å². The molecule has 182 valence electrons. The van der Waals surface area contributed by atoms with Gasteiger partial charge < -0.3 is 5.32 Å². The number of fused-ring (bicyclic) bond motifs is 1. The van der Waals surface area contributed by atoms with Crippen LogP contribution < -0.4 is 9.62 Å². The van der Waals surface area contributed by atoms with E-state index in [4.69, 9.17) is 0 Å². The minimum atomic E-state index is -3.69. The molecular weight excluding hydrogens is 468 g/mol. The number of hydrogen-bond donors (Lipinski definition) is 1. The van der Waals surface area contributed by atoms with Gasteiger partial charge in [0.25, 0.3) is 10.0 Å². The van der Waals surface area contributed by atoms with Crippen LogP contribution in [0.15, 0.2) is 114 Å². The number of benzene rings is 4. The summed E-state index contributed by atoms with van der Waals surface area (Å²) in [4.78, 5) is 13.5. The van der Waals surface area contributed by atoms with Crippen LogP contribution in [-0.2, 0) is 21.2 Å². The molecule has 0 aromatic heterocycles. The fourth-order valence-corrected chi connectivity index (χ4v) is 6.34. The van der Waals surface area contributed by atoms with Gasteiger partial charge in [0.1, 0.15) is 0 Å². The summed E-state index contributed by atoms with van der Waals surface area (Å²) in [6, 6.07) is 34.0. The van der Waals surface area contributed by atoms with E-state index in [1.54, 1.807) is 36.4 Å². The number of rotatable bonds is 7. The Labute approximate surface area is 212 Å². The molecule has 0 radical (unpaired) electrons. The smallest absolute Gasteiger partial charge is 0.264 e. The Hall–Kier alpha value is -3.90. The van der Waals surface area contributed by atoms with Crippen LogP contribution in [0.5, 0.6) is 0 Å². The molecule has 0 aliphatic carbocycles. The molecule has 1 amide bonds. The lowest BCUT2D eigenvalue weighted by atomic mass is 9.88. The maximum Gasteiger partial charge on any atom is 0.264 e. The van der Waals surface area contributed by atoms with Gasteiger partial charge in [-0.25, -0.2) is 8.42 Å². The Bertz CT molecular complexity index is 1400. The van der Waals surface area contributed by atoms with E-state index < -0.39 is 10.0 Å². The monoisotopic (exact) mass is 496 g/mol. The standard InChI is InChI=1S/C30H28N2O3S/c33-30(22-28(23-11-4-1-5-12-23)24-13-6-2-7-14-24)31-26-19-18-25-15-10-20-32(29(25)21-26)36(34,35)27-16-8-3-9-17-27/h1-9,11-14,16-19,21,28H,10,15,20,22H2,(H,31,33). The SMILES string of the molecule is O=C(CC(c1ccccc1)c1ccccc1)Nc1ccc2c(c1)N(S(=O)(=O)c1ccccc1)CCC2. The molecule has 0 fully saturated rings. The molecule has 6 heteroatoms. The first-order valence-electron chi connectivity index (χ1n) is 12.1. The van der Waals surface area contributed by atoms with Gasteiger partial charge in [-0.2, -0.15) is 0 Å². The molecule has 5 rings (SSSR count). The van der Waals surface area contributed by atoms with E-state index in [0.717, 1.165) is 29.5 Å². The van der Waals surface area contributed by atoms with E-state index in [2.05, 4.69) is 5.32 Å². The van der Waals surface area contributed by atoms with Gasteiger partial charge in [0.05, 0.1) is 10.6 Å². The zero-order chi connectivity index (χ0) is 25.0. The second-order valence-electron chi connectivity index (χ2n) is 8.96. The number of carbonyl (C=O) groups is 1. The third-order valence-corrected chi connectivity index (χ3v) is 8.40. The van der Waals surface area contributed by atoms with Crippen LogP contribution in [0.2, 0.25) is 0 Å². The molecular formula is C30H28N2O3S. The Balaban J connectivity index is 1.40. The van der Waals surface area contributed by atoms with Gasteiger partial charge in [-0.1, -0.05) is 84.9 Å². The molecule has 0 unspecified atom stereocenters. The third-order valence-electron chi connectivity index (χ3n) is 6.57. The number of carbonyl (C=O) groups excluding carboxylic acids is 1.